The summed E-state index contributed by atoms with van der Waals surface area (Å²) < 4.78 is 56.0. The van der Waals surface area contributed by atoms with Gasteiger partial charge in [0.05, 0.1) is 11.6 Å². The predicted octanol–water partition coefficient (Wildman–Crippen LogP) is 0.180. The molecule has 3 N–H and O–H groups in total. The average Bonchev–Trinajstić information content (AvgIpc) is 2.67. The third-order valence-corrected chi connectivity index (χ3v) is 6.47. The summed E-state index contributed by atoms with van der Waals surface area (Å²) in [5, 5.41) is 5.08. The summed E-state index contributed by atoms with van der Waals surface area (Å²) >= 11 is 0. The number of ether oxygens (including phenoxy) is 1. The molecule has 1 aliphatic rings. The van der Waals surface area contributed by atoms with Crippen molar-refractivity contribution < 1.29 is 21.6 Å². The van der Waals surface area contributed by atoms with Crippen molar-refractivity contribution in [2.24, 2.45) is 5.14 Å². The Kier molecular flexibility index (Phi) is 4.15. The van der Waals surface area contributed by atoms with Gasteiger partial charge in [0.2, 0.25) is 20.0 Å². The Bertz CT molecular complexity index is 745. The summed E-state index contributed by atoms with van der Waals surface area (Å²) in [7, 11) is -8.17. The van der Waals surface area contributed by atoms with Gasteiger partial charge in [-0.15, -0.1) is 0 Å². The third-order valence-electron chi connectivity index (χ3n) is 3.70. The molecule has 9 heteroatoms. The molecule has 1 aromatic rings. The van der Waals surface area contributed by atoms with Gasteiger partial charge in [-0.2, -0.15) is 0 Å². The van der Waals surface area contributed by atoms with Gasteiger partial charge in [0.15, 0.2) is 0 Å². The predicted molar refractivity (Wildman–Crippen MR) is 76.6 cm³/mol. The first-order valence-corrected chi connectivity index (χ1v) is 9.37. The van der Waals surface area contributed by atoms with Crippen LogP contribution in [-0.4, -0.2) is 35.1 Å². The standard InChI is InChI=1S/C12H18N2O5S2/c1-9-12(2,7-8-19-9)14-21(17,18)11-6-4-3-5-10(11)20(13,15)16/h3-6,9,14H,7-8H2,1-2H3,(H2,13,15,16). The highest BCUT2D eigenvalue weighted by atomic mass is 32.2. The van der Waals surface area contributed by atoms with E-state index in [-0.39, 0.29) is 11.0 Å². The van der Waals surface area contributed by atoms with Crippen LogP contribution in [0.3, 0.4) is 0 Å². The number of benzene rings is 1. The Hall–Kier alpha value is -1.00. The monoisotopic (exact) mass is 334 g/mol. The summed E-state index contributed by atoms with van der Waals surface area (Å²) in [4.78, 5) is -0.777. The van der Waals surface area contributed by atoms with Crippen molar-refractivity contribution in [1.82, 2.24) is 4.72 Å². The highest BCUT2D eigenvalue weighted by molar-refractivity contribution is 7.92. The first kappa shape index (κ1) is 16.4. The second kappa shape index (κ2) is 5.33. The van der Waals surface area contributed by atoms with Crippen LogP contribution < -0.4 is 9.86 Å². The van der Waals surface area contributed by atoms with Gasteiger partial charge in [-0.3, -0.25) is 0 Å². The van der Waals surface area contributed by atoms with Gasteiger partial charge in [0.25, 0.3) is 0 Å². The van der Waals surface area contributed by atoms with E-state index in [9.17, 15) is 16.8 Å². The van der Waals surface area contributed by atoms with E-state index in [1.54, 1.807) is 13.8 Å². The summed E-state index contributed by atoms with van der Waals surface area (Å²) in [6.45, 7) is 3.93. The molecule has 1 aliphatic heterocycles. The lowest BCUT2D eigenvalue weighted by Gasteiger charge is -2.28. The molecule has 0 bridgehead atoms. The Labute approximate surface area is 124 Å². The molecule has 1 heterocycles. The fourth-order valence-corrected chi connectivity index (χ4v) is 5.11. The zero-order valence-electron chi connectivity index (χ0n) is 11.7. The van der Waals surface area contributed by atoms with Crippen LogP contribution in [0.5, 0.6) is 0 Å². The molecule has 0 aliphatic carbocycles. The number of hydrogen-bond donors (Lipinski definition) is 2. The topological polar surface area (TPSA) is 116 Å². The van der Waals surface area contributed by atoms with Gasteiger partial charge in [-0.1, -0.05) is 12.1 Å². The molecule has 1 saturated heterocycles. The van der Waals surface area contributed by atoms with Gasteiger partial charge in [0.1, 0.15) is 9.79 Å². The van der Waals surface area contributed by atoms with Crippen molar-refractivity contribution in [1.29, 1.82) is 0 Å². The molecule has 7 nitrogen and oxygen atoms in total. The van der Waals surface area contributed by atoms with Crippen molar-refractivity contribution in [2.45, 2.75) is 41.7 Å². The van der Waals surface area contributed by atoms with Gasteiger partial charge in [-0.05, 0) is 32.4 Å². The van der Waals surface area contributed by atoms with E-state index in [0.29, 0.717) is 13.0 Å². The second-order valence-electron chi connectivity index (χ2n) is 5.28. The van der Waals surface area contributed by atoms with E-state index in [1.807, 2.05) is 0 Å². The van der Waals surface area contributed by atoms with Crippen molar-refractivity contribution in [3.63, 3.8) is 0 Å². The van der Waals surface area contributed by atoms with E-state index < -0.39 is 30.5 Å². The molecule has 0 radical (unpaired) electrons. The van der Waals surface area contributed by atoms with Crippen molar-refractivity contribution in [2.75, 3.05) is 6.61 Å². The van der Waals surface area contributed by atoms with Crippen LogP contribution in [0.1, 0.15) is 20.3 Å². The molecule has 2 atom stereocenters. The van der Waals surface area contributed by atoms with E-state index in [2.05, 4.69) is 4.72 Å². The van der Waals surface area contributed by atoms with E-state index >= 15 is 0 Å². The van der Waals surface area contributed by atoms with Crippen LogP contribution in [0, 0.1) is 0 Å². The average molecular weight is 334 g/mol. The molecule has 1 aromatic carbocycles. The van der Waals surface area contributed by atoms with Crippen LogP contribution in [-0.2, 0) is 24.8 Å². The minimum absolute atomic E-state index is 0.311. The molecule has 118 valence electrons. The first-order valence-electron chi connectivity index (χ1n) is 6.34. The van der Waals surface area contributed by atoms with E-state index in [0.717, 1.165) is 0 Å². The number of sulfonamides is 2. The van der Waals surface area contributed by atoms with Gasteiger partial charge >= 0.3 is 0 Å². The lowest BCUT2D eigenvalue weighted by atomic mass is 9.97. The first-order chi connectivity index (χ1) is 9.56. The lowest BCUT2D eigenvalue weighted by molar-refractivity contribution is 0.0957. The molecule has 2 rings (SSSR count). The van der Waals surface area contributed by atoms with Crippen molar-refractivity contribution >= 4 is 20.0 Å². The Morgan fingerprint density at radius 1 is 1.24 bits per heavy atom. The Balaban J connectivity index is 2.47. The van der Waals surface area contributed by atoms with Crippen LogP contribution in [0.15, 0.2) is 34.1 Å². The molecular weight excluding hydrogens is 316 g/mol. The number of primary sulfonamides is 1. The summed E-state index contributed by atoms with van der Waals surface area (Å²) in [6.07, 6.45) is 0.194. The van der Waals surface area contributed by atoms with Crippen LogP contribution >= 0.6 is 0 Å². The zero-order chi connectivity index (χ0) is 15.9. The van der Waals surface area contributed by atoms with E-state index in [1.165, 1.54) is 24.3 Å². The summed E-state index contributed by atoms with van der Waals surface area (Å²) in [5.74, 6) is 0. The minimum atomic E-state index is -4.13. The quantitative estimate of drug-likeness (QED) is 0.815. The SMILES string of the molecule is CC1OCCC1(C)NS(=O)(=O)c1ccccc1S(N)(=O)=O. The number of nitrogens with one attached hydrogen (secondary N) is 1. The van der Waals surface area contributed by atoms with E-state index in [4.69, 9.17) is 9.88 Å². The van der Waals surface area contributed by atoms with Crippen LogP contribution in [0.4, 0.5) is 0 Å². The van der Waals surface area contributed by atoms with Crippen LogP contribution in [0.25, 0.3) is 0 Å². The van der Waals surface area contributed by atoms with Crippen LogP contribution in [0.2, 0.25) is 0 Å². The molecule has 0 spiro atoms. The molecule has 0 aromatic heterocycles. The maximum atomic E-state index is 12.5. The minimum Gasteiger partial charge on any atom is -0.376 e. The van der Waals surface area contributed by atoms with Crippen molar-refractivity contribution in [3.05, 3.63) is 24.3 Å². The number of rotatable bonds is 4. The number of nitrogens with two attached hydrogens (primary N) is 1. The second-order valence-corrected chi connectivity index (χ2v) is 8.46. The van der Waals surface area contributed by atoms with Crippen molar-refractivity contribution in [3.8, 4) is 0 Å². The normalized spacial score (nSPS) is 26.9. The fourth-order valence-electron chi connectivity index (χ4n) is 2.24. The van der Waals surface area contributed by atoms with Gasteiger partial charge in [0, 0.05) is 6.61 Å². The highest BCUT2D eigenvalue weighted by Crippen LogP contribution is 2.28. The Morgan fingerprint density at radius 3 is 2.29 bits per heavy atom. The van der Waals surface area contributed by atoms with Gasteiger partial charge < -0.3 is 4.74 Å². The molecular formula is C12H18N2O5S2. The number of hydrogen-bond acceptors (Lipinski definition) is 5. The third kappa shape index (κ3) is 3.27. The summed E-state index contributed by atoms with van der Waals surface area (Å²) in [6, 6.07) is 5.24. The van der Waals surface area contributed by atoms with Gasteiger partial charge in [-0.25, -0.2) is 26.7 Å². The summed E-state index contributed by atoms with van der Waals surface area (Å²) in [5.41, 5.74) is -0.787. The smallest absolute Gasteiger partial charge is 0.242 e. The Morgan fingerprint density at radius 2 is 1.81 bits per heavy atom. The molecule has 21 heavy (non-hydrogen) atoms. The largest absolute Gasteiger partial charge is 0.376 e. The molecule has 0 amide bonds. The highest BCUT2D eigenvalue weighted by Gasteiger charge is 2.41. The molecule has 0 saturated carbocycles. The maximum absolute atomic E-state index is 12.5. The molecule has 2 unspecified atom stereocenters. The lowest BCUT2D eigenvalue weighted by Crippen LogP contribution is -2.50. The zero-order valence-corrected chi connectivity index (χ0v) is 13.4. The fraction of sp³-hybridized carbons (Fsp3) is 0.500. The maximum Gasteiger partial charge on any atom is 0.242 e. The molecule has 1 fully saturated rings.